The fourth-order valence-electron chi connectivity index (χ4n) is 2.81. The summed E-state index contributed by atoms with van der Waals surface area (Å²) in [6, 6.07) is 5.32. The Morgan fingerprint density at radius 2 is 1.89 bits per heavy atom. The second-order valence-corrected chi connectivity index (χ2v) is 7.44. The van der Waals surface area contributed by atoms with Crippen LogP contribution in [0.15, 0.2) is 24.3 Å². The third-order valence-electron chi connectivity index (χ3n) is 4.18. The van der Waals surface area contributed by atoms with E-state index >= 15 is 0 Å². The lowest BCUT2D eigenvalue weighted by molar-refractivity contribution is -0.140. The van der Waals surface area contributed by atoms with Crippen LogP contribution in [0.4, 0.5) is 18.9 Å². The van der Waals surface area contributed by atoms with Crippen molar-refractivity contribution in [2.24, 2.45) is 0 Å². The Labute approximate surface area is 166 Å². The number of hydrogen-bond donors (Lipinski definition) is 1. The van der Waals surface area contributed by atoms with E-state index in [4.69, 9.17) is 21.1 Å². The van der Waals surface area contributed by atoms with E-state index in [1.54, 1.807) is 19.1 Å². The van der Waals surface area contributed by atoms with Gasteiger partial charge < -0.3 is 14.8 Å². The summed E-state index contributed by atoms with van der Waals surface area (Å²) in [5.74, 6) is 0.444. The van der Waals surface area contributed by atoms with Gasteiger partial charge in [0.1, 0.15) is 23.7 Å². The standard InChI is InChI=1S/C18H12ClF3N2O3S/c1-8-9-2-3-14(18(20,21)22)24-17(9)28-15(8)16(25)23-11-7-13-12(6-10(11)19)26-4-5-27-13/h2-3,6-7H,4-5H2,1H3,(H,23,25). The summed E-state index contributed by atoms with van der Waals surface area (Å²) >= 11 is 7.09. The zero-order valence-electron chi connectivity index (χ0n) is 14.3. The molecule has 4 rings (SSSR count). The van der Waals surface area contributed by atoms with Crippen LogP contribution in [0.2, 0.25) is 5.02 Å². The molecule has 146 valence electrons. The zero-order valence-corrected chi connectivity index (χ0v) is 15.9. The van der Waals surface area contributed by atoms with Crippen LogP contribution in [0.5, 0.6) is 11.5 Å². The molecule has 2 aromatic heterocycles. The van der Waals surface area contributed by atoms with Crippen LogP contribution in [0.25, 0.3) is 10.2 Å². The van der Waals surface area contributed by atoms with Gasteiger partial charge in [0.05, 0.1) is 15.6 Å². The number of nitrogens with one attached hydrogen (secondary N) is 1. The summed E-state index contributed by atoms with van der Waals surface area (Å²) in [5, 5.41) is 3.43. The van der Waals surface area contributed by atoms with Crippen molar-refractivity contribution in [2.45, 2.75) is 13.1 Å². The van der Waals surface area contributed by atoms with Crippen molar-refractivity contribution < 1.29 is 27.4 Å². The van der Waals surface area contributed by atoms with Crippen molar-refractivity contribution in [3.05, 3.63) is 45.4 Å². The highest BCUT2D eigenvalue weighted by molar-refractivity contribution is 7.20. The monoisotopic (exact) mass is 428 g/mol. The Morgan fingerprint density at radius 1 is 1.21 bits per heavy atom. The van der Waals surface area contributed by atoms with Crippen LogP contribution in [0.1, 0.15) is 20.9 Å². The molecule has 0 spiro atoms. The molecule has 0 fully saturated rings. The first-order valence-corrected chi connectivity index (χ1v) is 9.31. The van der Waals surface area contributed by atoms with Gasteiger partial charge in [0.2, 0.25) is 0 Å². The van der Waals surface area contributed by atoms with E-state index < -0.39 is 17.8 Å². The van der Waals surface area contributed by atoms with E-state index in [2.05, 4.69) is 10.3 Å². The van der Waals surface area contributed by atoms with Gasteiger partial charge in [0.15, 0.2) is 11.5 Å². The predicted octanol–water partition coefficient (Wildman–Crippen LogP) is 5.30. The maximum absolute atomic E-state index is 12.9. The second-order valence-electron chi connectivity index (χ2n) is 6.03. The predicted molar refractivity (Wildman–Crippen MR) is 99.8 cm³/mol. The number of pyridine rings is 1. The number of amides is 1. The Bertz CT molecular complexity index is 1100. The minimum absolute atomic E-state index is 0.144. The number of carbonyl (C=O) groups excluding carboxylic acids is 1. The molecule has 0 saturated carbocycles. The molecular formula is C18H12ClF3N2O3S. The number of nitrogens with zero attached hydrogens (tertiary/aromatic N) is 1. The zero-order chi connectivity index (χ0) is 20.1. The molecule has 0 saturated heterocycles. The average Bonchev–Trinajstić information content (AvgIpc) is 2.98. The Balaban J connectivity index is 1.67. The molecular weight excluding hydrogens is 417 g/mol. The minimum atomic E-state index is -4.55. The molecule has 1 aliphatic heterocycles. The topological polar surface area (TPSA) is 60.5 Å². The van der Waals surface area contributed by atoms with Crippen LogP contribution in [-0.2, 0) is 6.18 Å². The molecule has 1 amide bonds. The SMILES string of the molecule is Cc1c(C(=O)Nc2cc3c(cc2Cl)OCCO3)sc2nc(C(F)(F)F)ccc12. The largest absolute Gasteiger partial charge is 0.486 e. The maximum Gasteiger partial charge on any atom is 0.433 e. The van der Waals surface area contributed by atoms with E-state index in [-0.39, 0.29) is 14.7 Å². The first kappa shape index (κ1) is 18.8. The van der Waals surface area contributed by atoms with E-state index in [9.17, 15) is 18.0 Å². The van der Waals surface area contributed by atoms with Gasteiger partial charge in [-0.2, -0.15) is 13.2 Å². The second kappa shape index (κ2) is 6.82. The number of ether oxygens (including phenoxy) is 2. The Hall–Kier alpha value is -2.52. The Kier molecular flexibility index (Phi) is 4.59. The van der Waals surface area contributed by atoms with Gasteiger partial charge in [0.25, 0.3) is 5.91 Å². The van der Waals surface area contributed by atoms with Crippen molar-refractivity contribution in [2.75, 3.05) is 18.5 Å². The summed E-state index contributed by atoms with van der Waals surface area (Å²) in [7, 11) is 0. The van der Waals surface area contributed by atoms with Gasteiger partial charge in [-0.25, -0.2) is 4.98 Å². The van der Waals surface area contributed by atoms with Gasteiger partial charge in [0, 0.05) is 17.5 Å². The summed E-state index contributed by atoms with van der Waals surface area (Å²) in [6.07, 6.45) is -4.55. The molecule has 0 unspecified atom stereocenters. The number of rotatable bonds is 2. The number of halogens is 4. The molecule has 0 aliphatic carbocycles. The van der Waals surface area contributed by atoms with Crippen LogP contribution in [0.3, 0.4) is 0 Å². The van der Waals surface area contributed by atoms with E-state index in [0.29, 0.717) is 41.3 Å². The van der Waals surface area contributed by atoms with Crippen LogP contribution in [-0.4, -0.2) is 24.1 Å². The third-order valence-corrected chi connectivity index (χ3v) is 5.69. The highest BCUT2D eigenvalue weighted by atomic mass is 35.5. The normalized spacial score (nSPS) is 13.6. The lowest BCUT2D eigenvalue weighted by Gasteiger charge is -2.20. The maximum atomic E-state index is 12.9. The van der Waals surface area contributed by atoms with Crippen molar-refractivity contribution in [1.82, 2.24) is 4.98 Å². The van der Waals surface area contributed by atoms with Gasteiger partial charge in [-0.15, -0.1) is 11.3 Å². The van der Waals surface area contributed by atoms with Gasteiger partial charge in [-0.1, -0.05) is 11.6 Å². The van der Waals surface area contributed by atoms with Crippen molar-refractivity contribution >= 4 is 44.7 Å². The average molecular weight is 429 g/mol. The number of aryl methyl sites for hydroxylation is 1. The highest BCUT2D eigenvalue weighted by Gasteiger charge is 2.33. The molecule has 28 heavy (non-hydrogen) atoms. The fourth-order valence-corrected chi connectivity index (χ4v) is 4.09. The van der Waals surface area contributed by atoms with Crippen molar-refractivity contribution in [3.8, 4) is 11.5 Å². The minimum Gasteiger partial charge on any atom is -0.486 e. The quantitative estimate of drug-likeness (QED) is 0.601. The molecule has 1 N–H and O–H groups in total. The molecule has 5 nitrogen and oxygen atoms in total. The number of hydrogen-bond acceptors (Lipinski definition) is 5. The molecule has 3 heterocycles. The fraction of sp³-hybridized carbons (Fsp3) is 0.222. The molecule has 0 atom stereocenters. The number of alkyl halides is 3. The van der Waals surface area contributed by atoms with Crippen molar-refractivity contribution in [3.63, 3.8) is 0 Å². The third kappa shape index (κ3) is 3.35. The summed E-state index contributed by atoms with van der Waals surface area (Å²) < 4.78 is 49.5. The van der Waals surface area contributed by atoms with Gasteiger partial charge in [-0.05, 0) is 24.6 Å². The molecule has 0 bridgehead atoms. The van der Waals surface area contributed by atoms with E-state index in [1.165, 1.54) is 6.07 Å². The molecule has 1 aromatic carbocycles. The smallest absolute Gasteiger partial charge is 0.433 e. The van der Waals surface area contributed by atoms with E-state index in [0.717, 1.165) is 17.4 Å². The first-order valence-electron chi connectivity index (χ1n) is 8.12. The number of aromatic nitrogens is 1. The summed E-state index contributed by atoms with van der Waals surface area (Å²) in [6.45, 7) is 2.45. The Morgan fingerprint density at radius 3 is 2.57 bits per heavy atom. The first-order chi connectivity index (χ1) is 13.2. The molecule has 0 radical (unpaired) electrons. The van der Waals surface area contributed by atoms with E-state index in [1.807, 2.05) is 0 Å². The summed E-state index contributed by atoms with van der Waals surface area (Å²) in [5.41, 5.74) is -0.132. The summed E-state index contributed by atoms with van der Waals surface area (Å²) in [4.78, 5) is 16.8. The number of carbonyl (C=O) groups is 1. The van der Waals surface area contributed by atoms with Crippen LogP contribution >= 0.6 is 22.9 Å². The number of benzene rings is 1. The van der Waals surface area contributed by atoms with Gasteiger partial charge >= 0.3 is 6.18 Å². The van der Waals surface area contributed by atoms with Gasteiger partial charge in [-0.3, -0.25) is 4.79 Å². The molecule has 3 aromatic rings. The number of fused-ring (bicyclic) bond motifs is 2. The number of thiophene rings is 1. The van der Waals surface area contributed by atoms with Crippen LogP contribution < -0.4 is 14.8 Å². The molecule has 1 aliphatic rings. The number of anilines is 1. The highest BCUT2D eigenvalue weighted by Crippen LogP contribution is 2.39. The lowest BCUT2D eigenvalue weighted by atomic mass is 10.1. The van der Waals surface area contributed by atoms with Crippen molar-refractivity contribution in [1.29, 1.82) is 0 Å². The lowest BCUT2D eigenvalue weighted by Crippen LogP contribution is -2.16. The molecule has 10 heteroatoms. The van der Waals surface area contributed by atoms with Crippen LogP contribution in [0, 0.1) is 6.92 Å².